The van der Waals surface area contributed by atoms with Crippen molar-refractivity contribution in [1.29, 1.82) is 0 Å². The van der Waals surface area contributed by atoms with Crippen LogP contribution in [-0.2, 0) is 0 Å². The van der Waals surface area contributed by atoms with Gasteiger partial charge in [0.2, 0.25) is 0 Å². The number of benzene rings is 2. The van der Waals surface area contributed by atoms with Crippen molar-refractivity contribution < 1.29 is 0 Å². The number of halogens is 2. The van der Waals surface area contributed by atoms with Crippen LogP contribution in [-0.4, -0.2) is 9.97 Å². The highest BCUT2D eigenvalue weighted by atomic mass is 35.5. The van der Waals surface area contributed by atoms with Gasteiger partial charge in [0.25, 0.3) is 0 Å². The van der Waals surface area contributed by atoms with Crippen LogP contribution >= 0.6 is 23.2 Å². The van der Waals surface area contributed by atoms with Gasteiger partial charge in [0.15, 0.2) is 0 Å². The van der Waals surface area contributed by atoms with Crippen LogP contribution in [0.25, 0.3) is 22.1 Å². The fourth-order valence-corrected chi connectivity index (χ4v) is 2.01. The molecule has 0 aliphatic heterocycles. The Bertz CT molecular complexity index is 695. The molecule has 0 bridgehead atoms. The van der Waals surface area contributed by atoms with Crippen molar-refractivity contribution in [3.05, 3.63) is 46.4 Å². The Kier molecular flexibility index (Phi) is 2.20. The van der Waals surface area contributed by atoms with Gasteiger partial charge in [0.1, 0.15) is 5.52 Å². The molecule has 0 spiro atoms. The number of fused-ring (bicyclic) bond motifs is 2. The molecule has 0 unspecified atom stereocenters. The highest BCUT2D eigenvalue weighted by Gasteiger charge is 2.04. The number of aromatic nitrogens is 2. The van der Waals surface area contributed by atoms with Gasteiger partial charge >= 0.3 is 0 Å². The number of para-hydroxylation sites is 1. The van der Waals surface area contributed by atoms with Gasteiger partial charge in [0, 0.05) is 5.02 Å². The van der Waals surface area contributed by atoms with Gasteiger partial charge in [-0.2, -0.15) is 0 Å². The lowest BCUT2D eigenvalue weighted by Crippen LogP contribution is -1.87. The van der Waals surface area contributed by atoms with Gasteiger partial charge in [-0.3, -0.25) is 0 Å². The molecule has 3 aromatic rings. The van der Waals surface area contributed by atoms with Crippen LogP contribution in [0, 0.1) is 0 Å². The average Bonchev–Trinajstić information content (AvgIpc) is 2.28. The van der Waals surface area contributed by atoms with Crippen LogP contribution in [0.2, 0.25) is 10.0 Å². The predicted molar refractivity (Wildman–Crippen MR) is 67.1 cm³/mol. The molecule has 0 fully saturated rings. The number of hydrogen-bond acceptors (Lipinski definition) is 2. The van der Waals surface area contributed by atoms with Crippen molar-refractivity contribution in [3.8, 4) is 0 Å². The molecular formula is C12H6Cl2N2. The summed E-state index contributed by atoms with van der Waals surface area (Å²) in [6, 6.07) is 11.0. The van der Waals surface area contributed by atoms with Crippen molar-refractivity contribution in [2.45, 2.75) is 0 Å². The molecule has 2 nitrogen and oxygen atoms in total. The molecule has 16 heavy (non-hydrogen) atoms. The molecule has 1 heterocycles. The summed E-state index contributed by atoms with van der Waals surface area (Å²) in [4.78, 5) is 8.93. The molecule has 0 saturated carbocycles. The first-order valence-electron chi connectivity index (χ1n) is 4.75. The molecule has 0 amide bonds. The lowest BCUT2D eigenvalue weighted by Gasteiger charge is -2.02. The van der Waals surface area contributed by atoms with E-state index in [9.17, 15) is 0 Å². The third-order valence-electron chi connectivity index (χ3n) is 2.38. The molecule has 0 saturated heterocycles. The first-order chi connectivity index (χ1) is 7.74. The Morgan fingerprint density at radius 3 is 2.56 bits per heavy atom. The maximum Gasteiger partial charge on any atom is 0.108 e. The van der Waals surface area contributed by atoms with Gasteiger partial charge in [-0.25, -0.2) is 9.97 Å². The van der Waals surface area contributed by atoms with Gasteiger partial charge in [-0.1, -0.05) is 29.3 Å². The van der Waals surface area contributed by atoms with Crippen molar-refractivity contribution in [3.63, 3.8) is 0 Å². The Labute approximate surface area is 102 Å². The van der Waals surface area contributed by atoms with Crippen molar-refractivity contribution in [1.82, 2.24) is 9.97 Å². The second kappa shape index (κ2) is 3.58. The summed E-state index contributed by atoms with van der Waals surface area (Å²) in [6.45, 7) is 0. The van der Waals surface area contributed by atoms with Crippen LogP contribution in [0.3, 0.4) is 0 Å². The van der Waals surface area contributed by atoms with E-state index < -0.39 is 0 Å². The Balaban J connectivity index is 2.49. The Hall–Kier alpha value is -1.38. The van der Waals surface area contributed by atoms with E-state index in [2.05, 4.69) is 9.97 Å². The predicted octanol–water partition coefficient (Wildman–Crippen LogP) is 4.09. The zero-order valence-corrected chi connectivity index (χ0v) is 9.63. The van der Waals surface area contributed by atoms with Crippen LogP contribution < -0.4 is 0 Å². The standard InChI is InChI=1S/C12H6Cl2N2/c13-7-4-5-9-11(6-7)16-12-8(14)2-1-3-10(12)15-9/h1-6H. The molecule has 0 atom stereocenters. The molecule has 4 heteroatoms. The first-order valence-corrected chi connectivity index (χ1v) is 5.51. The van der Waals surface area contributed by atoms with E-state index in [0.29, 0.717) is 15.6 Å². The topological polar surface area (TPSA) is 25.8 Å². The Morgan fingerprint density at radius 1 is 0.812 bits per heavy atom. The molecule has 0 N–H and O–H groups in total. The third kappa shape index (κ3) is 1.51. The summed E-state index contributed by atoms with van der Waals surface area (Å²) in [6.07, 6.45) is 0. The van der Waals surface area contributed by atoms with Gasteiger partial charge < -0.3 is 0 Å². The summed E-state index contributed by atoms with van der Waals surface area (Å²) >= 11 is 12.0. The van der Waals surface area contributed by atoms with Crippen LogP contribution in [0.5, 0.6) is 0 Å². The largest absolute Gasteiger partial charge is 0.244 e. The van der Waals surface area contributed by atoms with Crippen molar-refractivity contribution in [2.75, 3.05) is 0 Å². The summed E-state index contributed by atoms with van der Waals surface area (Å²) in [5, 5.41) is 1.25. The summed E-state index contributed by atoms with van der Waals surface area (Å²) in [7, 11) is 0. The quantitative estimate of drug-likeness (QED) is 0.561. The lowest BCUT2D eigenvalue weighted by atomic mass is 10.2. The van der Waals surface area contributed by atoms with E-state index in [0.717, 1.165) is 16.6 Å². The van der Waals surface area contributed by atoms with Gasteiger partial charge in [-0.05, 0) is 30.3 Å². The van der Waals surface area contributed by atoms with E-state index in [4.69, 9.17) is 23.2 Å². The summed E-state index contributed by atoms with van der Waals surface area (Å²) in [5.41, 5.74) is 3.08. The number of rotatable bonds is 0. The van der Waals surface area contributed by atoms with E-state index >= 15 is 0 Å². The minimum atomic E-state index is 0.604. The maximum atomic E-state index is 6.06. The molecule has 3 rings (SSSR count). The second-order valence-electron chi connectivity index (χ2n) is 3.46. The lowest BCUT2D eigenvalue weighted by molar-refractivity contribution is 1.39. The zero-order chi connectivity index (χ0) is 11.1. The molecule has 78 valence electrons. The first kappa shape index (κ1) is 9.82. The zero-order valence-electron chi connectivity index (χ0n) is 8.11. The third-order valence-corrected chi connectivity index (χ3v) is 2.92. The van der Waals surface area contributed by atoms with Crippen LogP contribution in [0.15, 0.2) is 36.4 Å². The fraction of sp³-hybridized carbons (Fsp3) is 0. The Morgan fingerprint density at radius 2 is 1.69 bits per heavy atom. The molecule has 0 aliphatic carbocycles. The van der Waals surface area contributed by atoms with Crippen LogP contribution in [0.4, 0.5) is 0 Å². The summed E-state index contributed by atoms with van der Waals surface area (Å²) in [5.74, 6) is 0. The molecule has 2 aromatic carbocycles. The maximum absolute atomic E-state index is 6.06. The number of nitrogens with zero attached hydrogens (tertiary/aromatic N) is 2. The monoisotopic (exact) mass is 248 g/mol. The van der Waals surface area contributed by atoms with Crippen LogP contribution in [0.1, 0.15) is 0 Å². The molecule has 0 aliphatic rings. The molecule has 1 aromatic heterocycles. The highest BCUT2D eigenvalue weighted by Crippen LogP contribution is 2.24. The minimum Gasteiger partial charge on any atom is -0.244 e. The van der Waals surface area contributed by atoms with Gasteiger partial charge in [0.05, 0.1) is 21.6 Å². The highest BCUT2D eigenvalue weighted by molar-refractivity contribution is 6.35. The second-order valence-corrected chi connectivity index (χ2v) is 4.31. The van der Waals surface area contributed by atoms with Crippen molar-refractivity contribution in [2.24, 2.45) is 0 Å². The van der Waals surface area contributed by atoms with Gasteiger partial charge in [-0.15, -0.1) is 0 Å². The average molecular weight is 249 g/mol. The van der Waals surface area contributed by atoms with E-state index in [-0.39, 0.29) is 0 Å². The minimum absolute atomic E-state index is 0.604. The van der Waals surface area contributed by atoms with E-state index in [1.165, 1.54) is 0 Å². The smallest absolute Gasteiger partial charge is 0.108 e. The molecular weight excluding hydrogens is 243 g/mol. The van der Waals surface area contributed by atoms with E-state index in [1.54, 1.807) is 18.2 Å². The van der Waals surface area contributed by atoms with E-state index in [1.807, 2.05) is 18.2 Å². The number of hydrogen-bond donors (Lipinski definition) is 0. The fourth-order valence-electron chi connectivity index (χ4n) is 1.64. The normalized spacial score (nSPS) is 11.1. The summed E-state index contributed by atoms with van der Waals surface area (Å²) < 4.78 is 0. The SMILES string of the molecule is Clc1ccc2nc3cccc(Cl)c3nc2c1. The molecule has 0 radical (unpaired) electrons. The van der Waals surface area contributed by atoms with Crippen molar-refractivity contribution >= 4 is 45.3 Å².